The Morgan fingerprint density at radius 1 is 1.53 bits per heavy atom. The Kier molecular flexibility index (Phi) is 5.02. The van der Waals surface area contributed by atoms with Gasteiger partial charge in [0, 0.05) is 12.1 Å². The van der Waals surface area contributed by atoms with Crippen LogP contribution in [0.1, 0.15) is 24.5 Å². The van der Waals surface area contributed by atoms with E-state index in [4.69, 9.17) is 10.00 Å². The van der Waals surface area contributed by atoms with Crippen LogP contribution in [0.2, 0.25) is 0 Å². The number of nitrogens with zero attached hydrogens (tertiary/aromatic N) is 1. The number of amides is 1. The van der Waals surface area contributed by atoms with Gasteiger partial charge in [-0.05, 0) is 18.1 Å². The number of aryl methyl sites for hydroxylation is 1. The quantitative estimate of drug-likeness (QED) is 0.841. The van der Waals surface area contributed by atoms with Gasteiger partial charge in [-0.1, -0.05) is 19.1 Å². The summed E-state index contributed by atoms with van der Waals surface area (Å²) in [6.45, 7) is 2.46. The molecule has 0 atom stereocenters. The Morgan fingerprint density at radius 3 is 2.88 bits per heavy atom. The minimum atomic E-state index is -0.267. The second kappa shape index (κ2) is 6.54. The van der Waals surface area contributed by atoms with Crippen molar-refractivity contribution in [3.05, 3.63) is 29.3 Å². The number of nitrogens with one attached hydrogen (secondary N) is 1. The highest BCUT2D eigenvalue weighted by atomic mass is 16.5. The van der Waals surface area contributed by atoms with Crippen LogP contribution in [0.3, 0.4) is 0 Å². The molecule has 0 bridgehead atoms. The Labute approximate surface area is 101 Å². The second-order valence-electron chi connectivity index (χ2n) is 3.61. The predicted octanol–water partition coefficient (Wildman–Crippen LogP) is 1.79. The van der Waals surface area contributed by atoms with Gasteiger partial charge in [0.1, 0.15) is 12.2 Å². The molecule has 1 N–H and O–H groups in total. The first-order chi connectivity index (χ1) is 8.21. The third-order valence-electron chi connectivity index (χ3n) is 2.47. The number of hydrogen-bond acceptors (Lipinski definition) is 3. The molecular formula is C13H16N2O2. The highest BCUT2D eigenvalue weighted by Gasteiger charge is 2.06. The molecule has 0 radical (unpaired) electrons. The lowest BCUT2D eigenvalue weighted by molar-refractivity contribution is -0.120. The third kappa shape index (κ3) is 3.80. The van der Waals surface area contributed by atoms with Crippen LogP contribution in [0.25, 0.3) is 0 Å². The van der Waals surface area contributed by atoms with Gasteiger partial charge in [-0.2, -0.15) is 5.26 Å². The Balaban J connectivity index is 2.74. The molecule has 0 aliphatic carbocycles. The molecule has 0 spiro atoms. The Hall–Kier alpha value is -2.02. The summed E-state index contributed by atoms with van der Waals surface area (Å²) in [6.07, 6.45) is 0.818. The van der Waals surface area contributed by atoms with E-state index in [0.29, 0.717) is 6.54 Å². The van der Waals surface area contributed by atoms with Gasteiger partial charge in [0.05, 0.1) is 13.2 Å². The molecule has 1 aromatic carbocycles. The van der Waals surface area contributed by atoms with Crippen LogP contribution < -0.4 is 10.1 Å². The van der Waals surface area contributed by atoms with E-state index in [9.17, 15) is 4.79 Å². The van der Waals surface area contributed by atoms with Crippen molar-refractivity contribution in [1.82, 2.24) is 5.32 Å². The minimum Gasteiger partial charge on any atom is -0.496 e. The molecule has 0 unspecified atom stereocenters. The molecule has 0 saturated carbocycles. The summed E-state index contributed by atoms with van der Waals surface area (Å²) < 4.78 is 5.22. The van der Waals surface area contributed by atoms with E-state index in [1.807, 2.05) is 24.3 Å². The zero-order valence-electron chi connectivity index (χ0n) is 10.1. The number of hydrogen-bond donors (Lipinski definition) is 1. The van der Waals surface area contributed by atoms with Gasteiger partial charge in [0.2, 0.25) is 5.91 Å². The number of ether oxygens (including phenoxy) is 1. The molecule has 4 heteroatoms. The molecule has 90 valence electrons. The minimum absolute atomic E-state index is 0.115. The van der Waals surface area contributed by atoms with Crippen molar-refractivity contribution in [3.8, 4) is 11.8 Å². The second-order valence-corrected chi connectivity index (χ2v) is 3.61. The fraction of sp³-hybridized carbons (Fsp3) is 0.385. The van der Waals surface area contributed by atoms with Crippen molar-refractivity contribution in [2.75, 3.05) is 7.11 Å². The van der Waals surface area contributed by atoms with E-state index >= 15 is 0 Å². The maximum Gasteiger partial charge on any atom is 0.234 e. The molecule has 4 nitrogen and oxygen atoms in total. The van der Waals surface area contributed by atoms with Crippen molar-refractivity contribution in [2.45, 2.75) is 26.3 Å². The fourth-order valence-electron chi connectivity index (χ4n) is 1.52. The van der Waals surface area contributed by atoms with Crippen LogP contribution in [0.5, 0.6) is 5.75 Å². The molecular weight excluding hydrogens is 216 g/mol. The fourth-order valence-corrected chi connectivity index (χ4v) is 1.52. The molecule has 1 rings (SSSR count). The smallest absolute Gasteiger partial charge is 0.234 e. The number of rotatable bonds is 5. The van der Waals surface area contributed by atoms with E-state index in [1.165, 1.54) is 5.56 Å². The van der Waals surface area contributed by atoms with E-state index in [0.717, 1.165) is 17.7 Å². The van der Waals surface area contributed by atoms with Crippen LogP contribution in [-0.4, -0.2) is 13.0 Å². The lowest BCUT2D eigenvalue weighted by Crippen LogP contribution is -2.22. The molecule has 0 aromatic heterocycles. The average molecular weight is 232 g/mol. The van der Waals surface area contributed by atoms with E-state index in [-0.39, 0.29) is 12.3 Å². The molecule has 0 saturated heterocycles. The van der Waals surface area contributed by atoms with Crippen LogP contribution in [-0.2, 0) is 17.8 Å². The largest absolute Gasteiger partial charge is 0.496 e. The number of methoxy groups -OCH3 is 1. The van der Waals surface area contributed by atoms with Crippen molar-refractivity contribution < 1.29 is 9.53 Å². The van der Waals surface area contributed by atoms with E-state index in [2.05, 4.69) is 12.2 Å². The van der Waals surface area contributed by atoms with Gasteiger partial charge >= 0.3 is 0 Å². The number of nitriles is 1. The first-order valence-corrected chi connectivity index (χ1v) is 5.50. The first kappa shape index (κ1) is 13.0. The van der Waals surface area contributed by atoms with Crippen LogP contribution >= 0.6 is 0 Å². The van der Waals surface area contributed by atoms with Crippen molar-refractivity contribution in [3.63, 3.8) is 0 Å². The van der Waals surface area contributed by atoms with Crippen LogP contribution in [0.15, 0.2) is 18.2 Å². The third-order valence-corrected chi connectivity index (χ3v) is 2.47. The first-order valence-electron chi connectivity index (χ1n) is 5.50. The van der Waals surface area contributed by atoms with Crippen molar-refractivity contribution >= 4 is 5.91 Å². The summed E-state index contributed by atoms with van der Waals surface area (Å²) in [4.78, 5) is 11.2. The van der Waals surface area contributed by atoms with Gasteiger partial charge < -0.3 is 10.1 Å². The highest BCUT2D eigenvalue weighted by Crippen LogP contribution is 2.20. The molecule has 1 aromatic rings. The Bertz CT molecular complexity index is 436. The molecule has 0 heterocycles. The molecule has 17 heavy (non-hydrogen) atoms. The summed E-state index contributed by atoms with van der Waals surface area (Å²) in [5, 5.41) is 11.1. The summed E-state index contributed by atoms with van der Waals surface area (Å²) in [5.74, 6) is 0.482. The maximum absolute atomic E-state index is 11.2. The Morgan fingerprint density at radius 2 is 2.29 bits per heavy atom. The van der Waals surface area contributed by atoms with E-state index < -0.39 is 0 Å². The summed E-state index contributed by atoms with van der Waals surface area (Å²) in [5.41, 5.74) is 2.12. The SMILES string of the molecule is CCc1ccc(OC)c(CNC(=O)CC#N)c1. The average Bonchev–Trinajstić information content (AvgIpc) is 2.36. The molecule has 1 amide bonds. The van der Waals surface area contributed by atoms with Gasteiger partial charge in [-0.3, -0.25) is 4.79 Å². The lowest BCUT2D eigenvalue weighted by Gasteiger charge is -2.10. The summed E-state index contributed by atoms with van der Waals surface area (Å²) in [6, 6.07) is 7.71. The van der Waals surface area contributed by atoms with Crippen LogP contribution in [0, 0.1) is 11.3 Å². The predicted molar refractivity (Wildman–Crippen MR) is 64.4 cm³/mol. The lowest BCUT2D eigenvalue weighted by atomic mass is 10.1. The van der Waals surface area contributed by atoms with Crippen molar-refractivity contribution in [1.29, 1.82) is 5.26 Å². The zero-order chi connectivity index (χ0) is 12.7. The van der Waals surface area contributed by atoms with Gasteiger partial charge in [-0.15, -0.1) is 0 Å². The van der Waals surface area contributed by atoms with Gasteiger partial charge in [-0.25, -0.2) is 0 Å². The van der Waals surface area contributed by atoms with Gasteiger partial charge in [0.25, 0.3) is 0 Å². The monoisotopic (exact) mass is 232 g/mol. The topological polar surface area (TPSA) is 62.1 Å². The summed E-state index contributed by atoms with van der Waals surface area (Å²) >= 11 is 0. The van der Waals surface area contributed by atoms with Crippen LogP contribution in [0.4, 0.5) is 0 Å². The zero-order valence-corrected chi connectivity index (χ0v) is 10.1. The highest BCUT2D eigenvalue weighted by molar-refractivity contribution is 5.78. The molecule has 0 aliphatic heterocycles. The number of carbonyl (C=O) groups is 1. The number of benzene rings is 1. The number of carbonyl (C=O) groups excluding carboxylic acids is 1. The normalized spacial score (nSPS) is 9.47. The van der Waals surface area contributed by atoms with Gasteiger partial charge in [0.15, 0.2) is 0 Å². The summed E-state index contributed by atoms with van der Waals surface area (Å²) in [7, 11) is 1.60. The van der Waals surface area contributed by atoms with Crippen molar-refractivity contribution in [2.24, 2.45) is 0 Å². The maximum atomic E-state index is 11.2. The van der Waals surface area contributed by atoms with E-state index in [1.54, 1.807) is 7.11 Å². The molecule has 0 aliphatic rings. The standard InChI is InChI=1S/C13H16N2O2/c1-3-10-4-5-12(17-2)11(8-10)9-15-13(16)6-7-14/h4-5,8H,3,6,9H2,1-2H3,(H,15,16). The molecule has 0 fully saturated rings.